The molecule has 0 aliphatic rings. The number of amides is 1. The summed E-state index contributed by atoms with van der Waals surface area (Å²) < 4.78 is 5.88. The Labute approximate surface area is 153 Å². The summed E-state index contributed by atoms with van der Waals surface area (Å²) in [6.45, 7) is 6.24. The summed E-state index contributed by atoms with van der Waals surface area (Å²) in [4.78, 5) is 24.4. The molecule has 9 heteroatoms. The highest BCUT2D eigenvalue weighted by atomic mass is 32.2. The molecule has 2 heterocycles. The first kappa shape index (κ1) is 18.9. The Morgan fingerprint density at radius 2 is 2.17 bits per heavy atom. The number of anilines is 1. The molecule has 0 aliphatic carbocycles. The molecule has 0 atom stereocenters. The lowest BCUT2D eigenvalue weighted by Crippen LogP contribution is -2.17. The number of hydrogen-bond acceptors (Lipinski definition) is 8. The first-order chi connectivity index (χ1) is 11.5. The molecule has 0 saturated heterocycles. The quantitative estimate of drug-likeness (QED) is 0.551. The maximum absolute atomic E-state index is 12.3. The van der Waals surface area contributed by atoms with Crippen LogP contribution in [0.25, 0.3) is 0 Å². The molecular weight excluding hydrogens is 366 g/mol. The van der Waals surface area contributed by atoms with Gasteiger partial charge in [0.1, 0.15) is 10.5 Å². The minimum absolute atomic E-state index is 0.182. The Morgan fingerprint density at radius 3 is 2.79 bits per heavy atom. The third-order valence-electron chi connectivity index (χ3n) is 2.89. The van der Waals surface area contributed by atoms with Crippen LogP contribution in [0.15, 0.2) is 15.2 Å². The van der Waals surface area contributed by atoms with Crippen LogP contribution in [0.1, 0.15) is 36.7 Å². The fraction of sp³-hybridized carbons (Fsp3) is 0.467. The minimum Gasteiger partial charge on any atom is -0.462 e. The number of aromatic nitrogens is 2. The molecule has 0 fully saturated rings. The SMILES string of the molecule is CCOC(=O)c1c(CC(C)C)csc1NC(=O)CSc1nncs1. The monoisotopic (exact) mass is 385 g/mol. The summed E-state index contributed by atoms with van der Waals surface area (Å²) in [6, 6.07) is 0. The summed E-state index contributed by atoms with van der Waals surface area (Å²) in [5.74, 6) is 0.0546. The molecule has 0 radical (unpaired) electrons. The zero-order valence-electron chi connectivity index (χ0n) is 13.7. The van der Waals surface area contributed by atoms with Gasteiger partial charge in [0.25, 0.3) is 0 Å². The molecule has 0 saturated carbocycles. The van der Waals surface area contributed by atoms with E-state index >= 15 is 0 Å². The van der Waals surface area contributed by atoms with Crippen LogP contribution in [0.2, 0.25) is 0 Å². The van der Waals surface area contributed by atoms with Crippen molar-refractivity contribution < 1.29 is 14.3 Å². The third kappa shape index (κ3) is 5.29. The Kier molecular flexibility index (Phi) is 7.19. The molecule has 0 unspecified atom stereocenters. The topological polar surface area (TPSA) is 81.2 Å². The number of carbonyl (C=O) groups is 2. The van der Waals surface area contributed by atoms with Crippen LogP contribution in [0.3, 0.4) is 0 Å². The molecule has 6 nitrogen and oxygen atoms in total. The molecule has 1 N–H and O–H groups in total. The molecule has 0 aromatic carbocycles. The Morgan fingerprint density at radius 1 is 1.38 bits per heavy atom. The van der Waals surface area contributed by atoms with Crippen LogP contribution in [0, 0.1) is 5.92 Å². The smallest absolute Gasteiger partial charge is 0.341 e. The van der Waals surface area contributed by atoms with E-state index in [2.05, 4.69) is 29.4 Å². The summed E-state index contributed by atoms with van der Waals surface area (Å²) in [5, 5.41) is 12.9. The van der Waals surface area contributed by atoms with Crippen LogP contribution >= 0.6 is 34.4 Å². The molecular formula is C15H19N3O3S3. The van der Waals surface area contributed by atoms with E-state index in [1.165, 1.54) is 34.4 Å². The second-order valence-corrected chi connectivity index (χ2v) is 8.26. The van der Waals surface area contributed by atoms with E-state index in [4.69, 9.17) is 4.74 Å². The average Bonchev–Trinajstić information content (AvgIpc) is 3.15. The van der Waals surface area contributed by atoms with Gasteiger partial charge in [0, 0.05) is 0 Å². The van der Waals surface area contributed by atoms with E-state index in [-0.39, 0.29) is 17.6 Å². The third-order valence-corrected chi connectivity index (χ3v) is 5.70. The van der Waals surface area contributed by atoms with Crippen molar-refractivity contribution >= 4 is 51.3 Å². The maximum atomic E-state index is 12.3. The van der Waals surface area contributed by atoms with Crippen molar-refractivity contribution in [1.29, 1.82) is 0 Å². The Bertz CT molecular complexity index is 683. The van der Waals surface area contributed by atoms with E-state index < -0.39 is 0 Å². The maximum Gasteiger partial charge on any atom is 0.341 e. The van der Waals surface area contributed by atoms with Crippen LogP contribution in [-0.4, -0.2) is 34.4 Å². The van der Waals surface area contributed by atoms with E-state index in [1.807, 2.05) is 5.38 Å². The fourth-order valence-electron chi connectivity index (χ4n) is 2.02. The van der Waals surface area contributed by atoms with Gasteiger partial charge in [-0.15, -0.1) is 21.5 Å². The van der Waals surface area contributed by atoms with Crippen LogP contribution in [0.4, 0.5) is 5.00 Å². The summed E-state index contributed by atoms with van der Waals surface area (Å²) in [6.07, 6.45) is 0.764. The second kappa shape index (κ2) is 9.14. The molecule has 1 amide bonds. The van der Waals surface area contributed by atoms with Crippen molar-refractivity contribution in [3.05, 3.63) is 22.0 Å². The first-order valence-electron chi connectivity index (χ1n) is 7.47. The number of esters is 1. The Hall–Kier alpha value is -1.45. The van der Waals surface area contributed by atoms with Crippen molar-refractivity contribution in [1.82, 2.24) is 10.2 Å². The number of ether oxygens (including phenoxy) is 1. The standard InChI is InChI=1S/C15H19N3O3S3/c1-4-21-14(20)12-10(5-9(2)3)6-22-13(12)17-11(19)7-23-15-18-16-8-24-15/h6,8-9H,4-5,7H2,1-3H3,(H,17,19). The fourth-order valence-corrected chi connectivity index (χ4v) is 4.29. The minimum atomic E-state index is -0.388. The molecule has 2 aromatic rings. The first-order valence-corrected chi connectivity index (χ1v) is 10.2. The largest absolute Gasteiger partial charge is 0.462 e. The van der Waals surface area contributed by atoms with Gasteiger partial charge in [-0.25, -0.2) is 4.79 Å². The van der Waals surface area contributed by atoms with Crippen molar-refractivity contribution in [2.45, 2.75) is 31.5 Å². The molecule has 2 rings (SSSR count). The lowest BCUT2D eigenvalue weighted by molar-refractivity contribution is -0.113. The number of hydrogen-bond donors (Lipinski definition) is 1. The molecule has 0 spiro atoms. The van der Waals surface area contributed by atoms with Gasteiger partial charge in [-0.3, -0.25) is 4.79 Å². The van der Waals surface area contributed by atoms with Gasteiger partial charge >= 0.3 is 5.97 Å². The second-order valence-electron chi connectivity index (χ2n) is 5.32. The lowest BCUT2D eigenvalue weighted by atomic mass is 10.0. The van der Waals surface area contributed by atoms with E-state index in [0.29, 0.717) is 23.1 Å². The number of rotatable bonds is 8. The molecule has 0 aliphatic heterocycles. The molecule has 24 heavy (non-hydrogen) atoms. The summed E-state index contributed by atoms with van der Waals surface area (Å²) >= 11 is 4.06. The predicted octanol–water partition coefficient (Wildman–Crippen LogP) is 3.71. The number of nitrogens with one attached hydrogen (secondary N) is 1. The van der Waals surface area contributed by atoms with Crippen molar-refractivity contribution in [2.75, 3.05) is 17.7 Å². The molecule has 2 aromatic heterocycles. The average molecular weight is 386 g/mol. The zero-order chi connectivity index (χ0) is 17.5. The van der Waals surface area contributed by atoms with Crippen molar-refractivity contribution in [3.63, 3.8) is 0 Å². The highest BCUT2D eigenvalue weighted by molar-refractivity contribution is 8.01. The number of thioether (sulfide) groups is 1. The summed E-state index contributed by atoms with van der Waals surface area (Å²) in [5.41, 5.74) is 3.02. The number of carbonyl (C=O) groups excluding carboxylic acids is 2. The summed E-state index contributed by atoms with van der Waals surface area (Å²) in [7, 11) is 0. The molecule has 0 bridgehead atoms. The normalized spacial score (nSPS) is 10.8. The van der Waals surface area contributed by atoms with Crippen LogP contribution in [-0.2, 0) is 16.0 Å². The van der Waals surface area contributed by atoms with E-state index in [1.54, 1.807) is 12.4 Å². The van der Waals surface area contributed by atoms with Crippen molar-refractivity contribution in [2.24, 2.45) is 5.92 Å². The Balaban J connectivity index is 2.08. The van der Waals surface area contributed by atoms with Crippen LogP contribution in [0.5, 0.6) is 0 Å². The molecule has 130 valence electrons. The number of nitrogens with zero attached hydrogens (tertiary/aromatic N) is 2. The van der Waals surface area contributed by atoms with Gasteiger partial charge in [-0.2, -0.15) is 0 Å². The van der Waals surface area contributed by atoms with E-state index in [0.717, 1.165) is 16.3 Å². The van der Waals surface area contributed by atoms with Gasteiger partial charge < -0.3 is 10.1 Å². The van der Waals surface area contributed by atoms with Gasteiger partial charge in [-0.1, -0.05) is 36.9 Å². The highest BCUT2D eigenvalue weighted by Crippen LogP contribution is 2.31. The highest BCUT2D eigenvalue weighted by Gasteiger charge is 2.22. The van der Waals surface area contributed by atoms with Gasteiger partial charge in [0.2, 0.25) is 5.91 Å². The van der Waals surface area contributed by atoms with Gasteiger partial charge in [-0.05, 0) is 30.2 Å². The lowest BCUT2D eigenvalue weighted by Gasteiger charge is -2.09. The van der Waals surface area contributed by atoms with Gasteiger partial charge in [0.05, 0.1) is 17.9 Å². The predicted molar refractivity (Wildman–Crippen MR) is 98.1 cm³/mol. The van der Waals surface area contributed by atoms with Crippen LogP contribution < -0.4 is 5.32 Å². The van der Waals surface area contributed by atoms with Gasteiger partial charge in [0.15, 0.2) is 4.34 Å². The van der Waals surface area contributed by atoms with Crippen molar-refractivity contribution in [3.8, 4) is 0 Å². The van der Waals surface area contributed by atoms with E-state index in [9.17, 15) is 9.59 Å². The zero-order valence-corrected chi connectivity index (χ0v) is 16.1. The number of thiophene rings is 1.